The molecule has 2 heterocycles. The van der Waals surface area contributed by atoms with Crippen molar-refractivity contribution in [2.24, 2.45) is 5.92 Å². The summed E-state index contributed by atoms with van der Waals surface area (Å²) in [5.74, 6) is -0.217. The molecule has 0 aliphatic carbocycles. The van der Waals surface area contributed by atoms with Crippen LogP contribution in [0.2, 0.25) is 0 Å². The van der Waals surface area contributed by atoms with Gasteiger partial charge >= 0.3 is 0 Å². The first-order valence-electron chi connectivity index (χ1n) is 8.68. The minimum atomic E-state index is -0.496. The third-order valence-corrected chi connectivity index (χ3v) is 4.82. The molecule has 1 aliphatic rings. The summed E-state index contributed by atoms with van der Waals surface area (Å²) in [5.41, 5.74) is 2.94. The van der Waals surface area contributed by atoms with Gasteiger partial charge in [-0.15, -0.1) is 0 Å². The molecule has 0 saturated carbocycles. The van der Waals surface area contributed by atoms with Gasteiger partial charge in [-0.3, -0.25) is 14.6 Å². The molecule has 5 nitrogen and oxygen atoms in total. The number of carbonyl (C=O) groups excluding carboxylic acids is 2. The number of pyridine rings is 1. The Balaban J connectivity index is 1.87. The maximum atomic E-state index is 12.9. The number of carbonyl (C=O) groups is 2. The summed E-state index contributed by atoms with van der Waals surface area (Å²) in [5, 5.41) is 2.91. The van der Waals surface area contributed by atoms with Crippen LogP contribution in [0.4, 0.5) is 5.69 Å². The molecule has 0 radical (unpaired) electrons. The predicted molar refractivity (Wildman–Crippen MR) is 96.8 cm³/mol. The van der Waals surface area contributed by atoms with E-state index in [1.54, 1.807) is 29.4 Å². The molecule has 2 aromatic rings. The quantitative estimate of drug-likeness (QED) is 0.933. The predicted octanol–water partition coefficient (Wildman–Crippen LogP) is 3.02. The van der Waals surface area contributed by atoms with Gasteiger partial charge in [-0.05, 0) is 29.7 Å². The van der Waals surface area contributed by atoms with Gasteiger partial charge in [0, 0.05) is 37.0 Å². The average molecular weight is 337 g/mol. The second-order valence-electron chi connectivity index (χ2n) is 6.49. The monoisotopic (exact) mass is 337 g/mol. The lowest BCUT2D eigenvalue weighted by Gasteiger charge is -2.37. The number of rotatable bonds is 4. The molecule has 1 N–H and O–H groups in total. The summed E-state index contributed by atoms with van der Waals surface area (Å²) < 4.78 is 0. The van der Waals surface area contributed by atoms with Crippen LogP contribution in [-0.2, 0) is 22.6 Å². The highest BCUT2D eigenvalue weighted by atomic mass is 16.2. The number of hydrogen-bond acceptors (Lipinski definition) is 3. The van der Waals surface area contributed by atoms with E-state index in [-0.39, 0.29) is 17.7 Å². The Bertz CT molecular complexity index is 761. The zero-order chi connectivity index (χ0) is 17.8. The van der Waals surface area contributed by atoms with Crippen molar-refractivity contribution in [1.82, 2.24) is 9.88 Å². The molecular formula is C20H23N3O2. The smallest absolute Gasteiger partial charge is 0.247 e. The minimum absolute atomic E-state index is 0.0341. The first-order chi connectivity index (χ1) is 12.1. The van der Waals surface area contributed by atoms with Gasteiger partial charge in [0.25, 0.3) is 0 Å². The number of nitrogens with zero attached hydrogens (tertiary/aromatic N) is 2. The minimum Gasteiger partial charge on any atom is -0.326 e. The molecule has 2 amide bonds. The first-order valence-corrected chi connectivity index (χ1v) is 8.68. The van der Waals surface area contributed by atoms with E-state index in [0.29, 0.717) is 18.7 Å². The van der Waals surface area contributed by atoms with Crippen molar-refractivity contribution in [2.75, 3.05) is 5.32 Å². The maximum absolute atomic E-state index is 12.9. The molecule has 0 bridgehead atoms. The van der Waals surface area contributed by atoms with Crippen molar-refractivity contribution >= 4 is 17.5 Å². The van der Waals surface area contributed by atoms with Crippen LogP contribution in [0.1, 0.15) is 31.4 Å². The molecule has 3 rings (SSSR count). The lowest BCUT2D eigenvalue weighted by molar-refractivity contribution is -0.143. The van der Waals surface area contributed by atoms with Gasteiger partial charge in [-0.25, -0.2) is 0 Å². The van der Waals surface area contributed by atoms with E-state index >= 15 is 0 Å². The fourth-order valence-electron chi connectivity index (χ4n) is 3.11. The summed E-state index contributed by atoms with van der Waals surface area (Å²) in [6, 6.07) is 11.0. The van der Waals surface area contributed by atoms with Crippen LogP contribution in [-0.4, -0.2) is 27.7 Å². The molecule has 0 saturated heterocycles. The second-order valence-corrected chi connectivity index (χ2v) is 6.49. The standard InChI is InChI=1S/C20H23N3O2/c1-3-14(2)20(25)23-13-16-7-5-4-6-15(16)12-18(23)19(24)22-17-8-10-21-11-9-17/h4-11,14,18H,3,12-13H2,1-2H3,(H,21,22,24). The molecule has 1 aromatic carbocycles. The van der Waals surface area contributed by atoms with Crippen LogP contribution in [0.25, 0.3) is 0 Å². The van der Waals surface area contributed by atoms with Gasteiger partial charge in [-0.1, -0.05) is 38.1 Å². The lowest BCUT2D eigenvalue weighted by atomic mass is 9.92. The highest BCUT2D eigenvalue weighted by molar-refractivity contribution is 5.97. The van der Waals surface area contributed by atoms with Gasteiger partial charge in [0.05, 0.1) is 0 Å². The highest BCUT2D eigenvalue weighted by Crippen LogP contribution is 2.26. The molecule has 0 fully saturated rings. The zero-order valence-electron chi connectivity index (χ0n) is 14.6. The number of amides is 2. The fraction of sp³-hybridized carbons (Fsp3) is 0.350. The molecule has 25 heavy (non-hydrogen) atoms. The van der Waals surface area contributed by atoms with E-state index in [2.05, 4.69) is 10.3 Å². The molecule has 130 valence electrons. The molecule has 2 unspecified atom stereocenters. The van der Waals surface area contributed by atoms with Gasteiger partial charge in [0.2, 0.25) is 11.8 Å². The molecule has 0 spiro atoms. The molecule has 2 atom stereocenters. The molecule has 1 aliphatic heterocycles. The average Bonchev–Trinajstić information content (AvgIpc) is 2.66. The Morgan fingerprint density at radius 1 is 1.20 bits per heavy atom. The number of fused-ring (bicyclic) bond motifs is 1. The van der Waals surface area contributed by atoms with E-state index in [1.807, 2.05) is 38.1 Å². The van der Waals surface area contributed by atoms with Crippen LogP contribution in [0.5, 0.6) is 0 Å². The van der Waals surface area contributed by atoms with Crippen molar-refractivity contribution in [3.8, 4) is 0 Å². The summed E-state index contributed by atoms with van der Waals surface area (Å²) in [7, 11) is 0. The summed E-state index contributed by atoms with van der Waals surface area (Å²) in [6.07, 6.45) is 4.56. The molecule has 1 aromatic heterocycles. The number of nitrogens with one attached hydrogen (secondary N) is 1. The Morgan fingerprint density at radius 3 is 2.56 bits per heavy atom. The van der Waals surface area contributed by atoms with Crippen LogP contribution in [0, 0.1) is 5.92 Å². The third kappa shape index (κ3) is 3.71. The van der Waals surface area contributed by atoms with Crippen molar-refractivity contribution in [2.45, 2.75) is 39.3 Å². The van der Waals surface area contributed by atoms with Gasteiger partial charge in [0.15, 0.2) is 0 Å². The van der Waals surface area contributed by atoms with Crippen molar-refractivity contribution in [3.63, 3.8) is 0 Å². The fourth-order valence-corrected chi connectivity index (χ4v) is 3.11. The van der Waals surface area contributed by atoms with Crippen LogP contribution in [0.3, 0.4) is 0 Å². The Morgan fingerprint density at radius 2 is 1.88 bits per heavy atom. The molecule has 5 heteroatoms. The molecular weight excluding hydrogens is 314 g/mol. The van der Waals surface area contributed by atoms with Crippen molar-refractivity contribution in [3.05, 3.63) is 59.9 Å². The van der Waals surface area contributed by atoms with Crippen LogP contribution >= 0.6 is 0 Å². The number of hydrogen-bond donors (Lipinski definition) is 1. The summed E-state index contributed by atoms with van der Waals surface area (Å²) >= 11 is 0. The maximum Gasteiger partial charge on any atom is 0.247 e. The normalized spacial score (nSPS) is 17.5. The van der Waals surface area contributed by atoms with E-state index in [1.165, 1.54) is 0 Å². The van der Waals surface area contributed by atoms with Gasteiger partial charge in [-0.2, -0.15) is 0 Å². The number of anilines is 1. The van der Waals surface area contributed by atoms with Gasteiger partial charge in [0.1, 0.15) is 6.04 Å². The SMILES string of the molecule is CCC(C)C(=O)N1Cc2ccccc2CC1C(=O)Nc1ccncc1. The van der Waals surface area contributed by atoms with Crippen molar-refractivity contribution < 1.29 is 9.59 Å². The van der Waals surface area contributed by atoms with E-state index in [0.717, 1.165) is 17.5 Å². The topological polar surface area (TPSA) is 62.3 Å². The van der Waals surface area contributed by atoms with Crippen LogP contribution in [0.15, 0.2) is 48.8 Å². The largest absolute Gasteiger partial charge is 0.326 e. The van der Waals surface area contributed by atoms with E-state index < -0.39 is 6.04 Å². The lowest BCUT2D eigenvalue weighted by Crippen LogP contribution is -2.52. The second kappa shape index (κ2) is 7.47. The van der Waals surface area contributed by atoms with Crippen LogP contribution < -0.4 is 5.32 Å². The Labute approximate surface area is 148 Å². The Hall–Kier alpha value is -2.69. The Kier molecular flexibility index (Phi) is 5.12. The van der Waals surface area contributed by atoms with Crippen molar-refractivity contribution in [1.29, 1.82) is 0 Å². The summed E-state index contributed by atoms with van der Waals surface area (Å²) in [6.45, 7) is 4.39. The number of benzene rings is 1. The first kappa shape index (κ1) is 17.1. The van der Waals surface area contributed by atoms with Gasteiger partial charge < -0.3 is 10.2 Å². The highest BCUT2D eigenvalue weighted by Gasteiger charge is 2.35. The van der Waals surface area contributed by atoms with E-state index in [9.17, 15) is 9.59 Å². The zero-order valence-corrected chi connectivity index (χ0v) is 14.6. The summed E-state index contributed by atoms with van der Waals surface area (Å²) in [4.78, 5) is 31.4. The number of aromatic nitrogens is 1. The third-order valence-electron chi connectivity index (χ3n) is 4.82. The van der Waals surface area contributed by atoms with E-state index in [4.69, 9.17) is 0 Å².